The average Bonchev–Trinajstić information content (AvgIpc) is 3.09. The molecule has 0 spiro atoms. The highest BCUT2D eigenvalue weighted by Crippen LogP contribution is 2.27. The quantitative estimate of drug-likeness (QED) is 0.772. The first-order chi connectivity index (χ1) is 12.5. The summed E-state index contributed by atoms with van der Waals surface area (Å²) in [7, 11) is -3.15. The Bertz CT molecular complexity index is 898. The van der Waals surface area contributed by atoms with Crippen molar-refractivity contribution in [2.45, 2.75) is 32.2 Å². The molecule has 1 fully saturated rings. The van der Waals surface area contributed by atoms with Crippen molar-refractivity contribution in [2.75, 3.05) is 25.9 Å². The first-order valence-corrected chi connectivity index (χ1v) is 10.9. The van der Waals surface area contributed by atoms with Gasteiger partial charge in [-0.1, -0.05) is 11.2 Å². The molecule has 10 heteroatoms. The van der Waals surface area contributed by atoms with E-state index in [0.717, 1.165) is 54.9 Å². The minimum absolute atomic E-state index is 0. The van der Waals surface area contributed by atoms with Crippen LogP contribution >= 0.6 is 24.8 Å². The lowest BCUT2D eigenvalue weighted by Gasteiger charge is -2.26. The van der Waals surface area contributed by atoms with Crippen LogP contribution in [0.5, 0.6) is 0 Å². The van der Waals surface area contributed by atoms with Gasteiger partial charge >= 0.3 is 0 Å². The smallest absolute Gasteiger partial charge is 0.257 e. The van der Waals surface area contributed by atoms with E-state index in [9.17, 15) is 8.42 Å². The number of nitrogens with zero attached hydrogens (tertiary/aromatic N) is 3. The number of fused-ring (bicyclic) bond motifs is 1. The molecule has 0 aliphatic carbocycles. The molecule has 2 aliphatic heterocycles. The zero-order valence-electron chi connectivity index (χ0n) is 15.8. The second-order valence-corrected chi connectivity index (χ2v) is 9.23. The largest absolute Gasteiger partial charge is 0.334 e. The molecule has 0 amide bonds. The molecule has 2 aromatic rings. The fourth-order valence-electron chi connectivity index (χ4n) is 3.74. The molecule has 28 heavy (non-hydrogen) atoms. The van der Waals surface area contributed by atoms with Gasteiger partial charge in [-0.2, -0.15) is 9.29 Å². The molecule has 4 rings (SSSR count). The predicted molar refractivity (Wildman–Crippen MR) is 112 cm³/mol. The molecular formula is C18H26Cl2N4O3S. The van der Waals surface area contributed by atoms with Crippen LogP contribution in [0.2, 0.25) is 0 Å². The van der Waals surface area contributed by atoms with Crippen LogP contribution in [0.25, 0.3) is 11.5 Å². The summed E-state index contributed by atoms with van der Waals surface area (Å²) < 4.78 is 30.5. The molecule has 0 atom stereocenters. The second kappa shape index (κ2) is 9.54. The van der Waals surface area contributed by atoms with Crippen LogP contribution < -0.4 is 5.32 Å². The van der Waals surface area contributed by atoms with Gasteiger partial charge in [0.2, 0.25) is 10.0 Å². The molecule has 1 aromatic carbocycles. The number of halogens is 2. The molecule has 0 radical (unpaired) electrons. The summed E-state index contributed by atoms with van der Waals surface area (Å²) in [5.74, 6) is 1.93. The Hall–Kier alpha value is -1.19. The van der Waals surface area contributed by atoms with Gasteiger partial charge in [0.25, 0.3) is 5.89 Å². The number of nitrogens with one attached hydrogen (secondary N) is 1. The highest BCUT2D eigenvalue weighted by atomic mass is 35.5. The highest BCUT2D eigenvalue weighted by Gasteiger charge is 2.24. The van der Waals surface area contributed by atoms with Gasteiger partial charge < -0.3 is 9.84 Å². The predicted octanol–water partition coefficient (Wildman–Crippen LogP) is 2.44. The highest BCUT2D eigenvalue weighted by molar-refractivity contribution is 7.88. The summed E-state index contributed by atoms with van der Waals surface area (Å²) in [4.78, 5) is 4.57. The number of rotatable bonds is 4. The molecule has 1 N–H and O–H groups in total. The maximum Gasteiger partial charge on any atom is 0.257 e. The molecule has 156 valence electrons. The summed E-state index contributed by atoms with van der Waals surface area (Å²) >= 11 is 0. The van der Waals surface area contributed by atoms with E-state index < -0.39 is 10.0 Å². The average molecular weight is 449 g/mol. The Morgan fingerprint density at radius 1 is 1.21 bits per heavy atom. The number of benzene rings is 1. The molecule has 2 aliphatic rings. The fraction of sp³-hybridized carbons (Fsp3) is 0.556. The van der Waals surface area contributed by atoms with Crippen molar-refractivity contribution < 1.29 is 12.9 Å². The van der Waals surface area contributed by atoms with E-state index >= 15 is 0 Å². The first kappa shape index (κ1) is 23.1. The minimum Gasteiger partial charge on any atom is -0.334 e. The van der Waals surface area contributed by atoms with Crippen LogP contribution in [0.15, 0.2) is 22.7 Å². The van der Waals surface area contributed by atoms with Gasteiger partial charge in [0.15, 0.2) is 5.82 Å². The third-order valence-corrected chi connectivity index (χ3v) is 6.55. The van der Waals surface area contributed by atoms with Crippen molar-refractivity contribution in [1.82, 2.24) is 19.8 Å². The molecular weight excluding hydrogens is 423 g/mol. The summed E-state index contributed by atoms with van der Waals surface area (Å²) in [5, 5.41) is 7.52. The van der Waals surface area contributed by atoms with Crippen LogP contribution in [0.1, 0.15) is 29.8 Å². The van der Waals surface area contributed by atoms with Gasteiger partial charge in [0.1, 0.15) is 0 Å². The van der Waals surface area contributed by atoms with Crippen LogP contribution in [0, 0.1) is 5.92 Å². The lowest BCUT2D eigenvalue weighted by molar-refractivity contribution is 0.356. The number of piperidine rings is 1. The third kappa shape index (κ3) is 5.24. The van der Waals surface area contributed by atoms with Crippen molar-refractivity contribution in [2.24, 2.45) is 5.92 Å². The van der Waals surface area contributed by atoms with Gasteiger partial charge in [-0.15, -0.1) is 24.8 Å². The molecule has 3 heterocycles. The fourth-order valence-corrected chi connectivity index (χ4v) is 4.54. The maximum absolute atomic E-state index is 11.7. The minimum atomic E-state index is -3.15. The second-order valence-electron chi connectivity index (χ2n) is 7.24. The summed E-state index contributed by atoms with van der Waals surface area (Å²) in [6, 6.07) is 5.96. The van der Waals surface area contributed by atoms with Crippen molar-refractivity contribution >= 4 is 34.8 Å². The Kier molecular flexibility index (Phi) is 7.87. The maximum atomic E-state index is 11.7. The third-order valence-electron chi connectivity index (χ3n) is 5.30. The van der Waals surface area contributed by atoms with Crippen molar-refractivity contribution in [3.05, 3.63) is 35.2 Å². The van der Waals surface area contributed by atoms with Gasteiger partial charge in [0, 0.05) is 25.1 Å². The van der Waals surface area contributed by atoms with Gasteiger partial charge in [0.05, 0.1) is 6.26 Å². The molecule has 7 nitrogen and oxygen atoms in total. The first-order valence-electron chi connectivity index (χ1n) is 9.09. The van der Waals surface area contributed by atoms with Crippen LogP contribution in [0.4, 0.5) is 0 Å². The monoisotopic (exact) mass is 448 g/mol. The number of hydrogen-bond acceptors (Lipinski definition) is 6. The number of sulfonamides is 1. The topological polar surface area (TPSA) is 88.3 Å². The standard InChI is InChI=1S/C18H24N4O3S.2ClH/c1-26(23,24)22-9-6-14-11-15(2-3-16(14)12-22)18-20-17(21-25-18)10-13-4-7-19-8-5-13;;/h2-3,11,13,19H,4-10,12H2,1H3;2*1H. The van der Waals surface area contributed by atoms with E-state index in [1.165, 1.54) is 10.6 Å². The lowest BCUT2D eigenvalue weighted by atomic mass is 9.94. The van der Waals surface area contributed by atoms with Crippen LogP contribution in [-0.4, -0.2) is 48.8 Å². The zero-order valence-corrected chi connectivity index (χ0v) is 18.2. The Morgan fingerprint density at radius 3 is 2.68 bits per heavy atom. The van der Waals surface area contributed by atoms with Crippen LogP contribution in [0.3, 0.4) is 0 Å². The summed E-state index contributed by atoms with van der Waals surface area (Å²) in [5.41, 5.74) is 3.10. The van der Waals surface area contributed by atoms with E-state index in [1.807, 2.05) is 12.1 Å². The number of aromatic nitrogens is 2. The normalized spacial score (nSPS) is 18.0. The van der Waals surface area contributed by atoms with Crippen molar-refractivity contribution in [3.8, 4) is 11.5 Å². The van der Waals surface area contributed by atoms with Crippen LogP contribution in [-0.2, 0) is 29.4 Å². The van der Waals surface area contributed by atoms with Crippen molar-refractivity contribution in [1.29, 1.82) is 0 Å². The van der Waals surface area contributed by atoms with Crippen molar-refractivity contribution in [3.63, 3.8) is 0 Å². The molecule has 1 saturated heterocycles. The SMILES string of the molecule is CS(=O)(=O)N1CCc2cc(-c3nc(CC4CCNCC4)no3)ccc2C1.Cl.Cl. The van der Waals surface area contributed by atoms with E-state index in [-0.39, 0.29) is 24.8 Å². The summed E-state index contributed by atoms with van der Waals surface area (Å²) in [6.07, 6.45) is 5.12. The van der Waals surface area contributed by atoms with E-state index in [2.05, 4.69) is 21.5 Å². The van der Waals surface area contributed by atoms with E-state index in [0.29, 0.717) is 31.3 Å². The Balaban J connectivity index is 0.00000140. The molecule has 1 aromatic heterocycles. The zero-order chi connectivity index (χ0) is 18.1. The van der Waals surface area contributed by atoms with Gasteiger partial charge in [-0.25, -0.2) is 8.42 Å². The van der Waals surface area contributed by atoms with Gasteiger partial charge in [-0.3, -0.25) is 0 Å². The Labute approximate surface area is 178 Å². The Morgan fingerprint density at radius 2 is 1.96 bits per heavy atom. The van der Waals surface area contributed by atoms with E-state index in [1.54, 1.807) is 0 Å². The molecule has 0 saturated carbocycles. The molecule has 0 bridgehead atoms. The van der Waals surface area contributed by atoms with E-state index in [4.69, 9.17) is 4.52 Å². The summed E-state index contributed by atoms with van der Waals surface area (Å²) in [6.45, 7) is 3.06. The van der Waals surface area contributed by atoms with Gasteiger partial charge in [-0.05, 0) is 61.5 Å². The molecule has 0 unspecified atom stereocenters. The number of hydrogen-bond donors (Lipinski definition) is 1. The lowest BCUT2D eigenvalue weighted by Crippen LogP contribution is -2.35.